The first-order chi connectivity index (χ1) is 7.27. The Bertz CT molecular complexity index is 358. The highest BCUT2D eigenvalue weighted by Crippen LogP contribution is 2.38. The van der Waals surface area contributed by atoms with Crippen molar-refractivity contribution >= 4 is 10.1 Å². The maximum Gasteiger partial charge on any atom is 0.523 e. The minimum Gasteiger partial charge on any atom is -0.257 e. The summed E-state index contributed by atoms with van der Waals surface area (Å²) in [6, 6.07) is 0. The first-order valence-corrected chi connectivity index (χ1v) is 5.39. The third-order valence-electron chi connectivity index (χ3n) is 1.66. The van der Waals surface area contributed by atoms with Gasteiger partial charge in [0.1, 0.15) is 6.61 Å². The van der Waals surface area contributed by atoms with Gasteiger partial charge in [0.2, 0.25) is 0 Å². The molecule has 0 aliphatic heterocycles. The highest BCUT2D eigenvalue weighted by Gasteiger charge is 2.57. The molecule has 0 saturated heterocycles. The number of alkyl halides is 7. The van der Waals surface area contributed by atoms with Crippen LogP contribution in [0.3, 0.4) is 0 Å². The molecule has 104 valence electrons. The molecule has 0 heterocycles. The second-order valence-corrected chi connectivity index (χ2v) is 4.53. The monoisotopic (exact) mass is 292 g/mol. The zero-order valence-electron chi connectivity index (χ0n) is 8.19. The van der Waals surface area contributed by atoms with Crippen LogP contribution >= 0.6 is 0 Å². The van der Waals surface area contributed by atoms with Crippen LogP contribution in [0, 0.1) is 0 Å². The maximum absolute atomic E-state index is 12.6. The Balaban J connectivity index is 4.82. The summed E-state index contributed by atoms with van der Waals surface area (Å²) in [5, 5.41) is 0. The van der Waals surface area contributed by atoms with Crippen molar-refractivity contribution in [2.45, 2.75) is 30.7 Å². The third kappa shape index (κ3) is 3.69. The third-order valence-corrected chi connectivity index (χ3v) is 2.65. The normalized spacial score (nSPS) is 15.1. The maximum atomic E-state index is 12.6. The molecule has 0 aromatic rings. The van der Waals surface area contributed by atoms with Gasteiger partial charge in [-0.3, -0.25) is 4.18 Å². The van der Waals surface area contributed by atoms with E-state index in [9.17, 15) is 39.2 Å². The van der Waals surface area contributed by atoms with E-state index in [1.54, 1.807) is 0 Å². The van der Waals surface area contributed by atoms with Gasteiger partial charge >= 0.3 is 27.5 Å². The second kappa shape index (κ2) is 4.59. The van der Waals surface area contributed by atoms with Crippen molar-refractivity contribution in [1.29, 1.82) is 0 Å². The molecule has 0 spiro atoms. The molecule has 0 rings (SSSR count). The molecule has 0 N–H and O–H groups in total. The van der Waals surface area contributed by atoms with Crippen molar-refractivity contribution in [1.82, 2.24) is 0 Å². The minimum atomic E-state index is -6.31. The summed E-state index contributed by atoms with van der Waals surface area (Å²) in [5.41, 5.74) is -5.94. The van der Waals surface area contributed by atoms with E-state index in [2.05, 4.69) is 4.18 Å². The van der Waals surface area contributed by atoms with E-state index in [0.29, 0.717) is 6.92 Å². The summed E-state index contributed by atoms with van der Waals surface area (Å²) in [6.07, 6.45) is -1.38. The van der Waals surface area contributed by atoms with Gasteiger partial charge in [-0.05, 0) is 0 Å². The van der Waals surface area contributed by atoms with E-state index in [-0.39, 0.29) is 0 Å². The van der Waals surface area contributed by atoms with Crippen LogP contribution in [0.25, 0.3) is 0 Å². The lowest BCUT2D eigenvalue weighted by atomic mass is 10.1. The fourth-order valence-electron chi connectivity index (χ4n) is 0.583. The highest BCUT2D eigenvalue weighted by molar-refractivity contribution is 7.87. The van der Waals surface area contributed by atoms with Crippen molar-refractivity contribution in [2.24, 2.45) is 0 Å². The average molecular weight is 292 g/mol. The lowest BCUT2D eigenvalue weighted by Gasteiger charge is -2.24. The van der Waals surface area contributed by atoms with Gasteiger partial charge in [-0.2, -0.15) is 39.2 Å². The van der Waals surface area contributed by atoms with Crippen LogP contribution in [0.2, 0.25) is 0 Å². The summed E-state index contributed by atoms with van der Waals surface area (Å²) in [6.45, 7) is -1.91. The number of rotatable bonds is 5. The molecular formula is C6H7F7O3S. The summed E-state index contributed by atoms with van der Waals surface area (Å²) in [5.74, 6) is -9.67. The van der Waals surface area contributed by atoms with E-state index >= 15 is 0 Å². The van der Waals surface area contributed by atoms with Crippen molar-refractivity contribution in [2.75, 3.05) is 6.61 Å². The molecular weight excluding hydrogens is 285 g/mol. The molecule has 0 atom stereocenters. The van der Waals surface area contributed by atoms with Gasteiger partial charge in [-0.15, -0.1) is 0 Å². The average Bonchev–Trinajstić information content (AvgIpc) is 2.13. The SMILES string of the molecule is CCC(F)(F)C(F)(F)COS(=O)(=O)C(F)(F)F. The largest absolute Gasteiger partial charge is 0.523 e. The van der Waals surface area contributed by atoms with E-state index < -0.39 is 40.5 Å². The van der Waals surface area contributed by atoms with Gasteiger partial charge in [-0.25, -0.2) is 0 Å². The van der Waals surface area contributed by atoms with Crippen molar-refractivity contribution < 1.29 is 43.3 Å². The van der Waals surface area contributed by atoms with Crippen molar-refractivity contribution in [3.8, 4) is 0 Å². The Labute approximate surface area is 91.7 Å². The Morgan fingerprint density at radius 3 is 1.65 bits per heavy atom. The second-order valence-electron chi connectivity index (χ2n) is 2.92. The highest BCUT2D eigenvalue weighted by atomic mass is 32.2. The molecule has 11 heteroatoms. The van der Waals surface area contributed by atoms with E-state index in [4.69, 9.17) is 0 Å². The van der Waals surface area contributed by atoms with Gasteiger partial charge < -0.3 is 0 Å². The molecule has 0 bridgehead atoms. The standard InChI is InChI=1S/C6H7F7O3S/c1-2-4(7,8)5(9,10)3-16-17(14,15)6(11,12)13/h2-3H2,1H3. The van der Waals surface area contributed by atoms with Crippen LogP contribution in [0.5, 0.6) is 0 Å². The fourth-order valence-corrected chi connectivity index (χ4v) is 1.02. The van der Waals surface area contributed by atoms with E-state index in [0.717, 1.165) is 0 Å². The van der Waals surface area contributed by atoms with Crippen LogP contribution in [0.15, 0.2) is 0 Å². The quantitative estimate of drug-likeness (QED) is 0.444. The van der Waals surface area contributed by atoms with Gasteiger partial charge in [0.05, 0.1) is 0 Å². The summed E-state index contributed by atoms with van der Waals surface area (Å²) >= 11 is 0. The smallest absolute Gasteiger partial charge is 0.257 e. The number of halogens is 7. The lowest BCUT2D eigenvalue weighted by molar-refractivity contribution is -0.222. The first-order valence-electron chi connectivity index (χ1n) is 3.98. The Morgan fingerprint density at radius 2 is 1.35 bits per heavy atom. The molecule has 0 amide bonds. The molecule has 0 radical (unpaired) electrons. The van der Waals surface area contributed by atoms with Crippen LogP contribution in [0.4, 0.5) is 30.7 Å². The molecule has 0 fully saturated rings. The molecule has 0 aromatic carbocycles. The predicted octanol–water partition coefficient (Wildman–Crippen LogP) is 2.53. The zero-order valence-corrected chi connectivity index (χ0v) is 9.01. The lowest BCUT2D eigenvalue weighted by Crippen LogP contribution is -2.45. The molecule has 17 heavy (non-hydrogen) atoms. The predicted molar refractivity (Wildman–Crippen MR) is 41.1 cm³/mol. The Hall–Kier alpha value is -0.580. The van der Waals surface area contributed by atoms with Gasteiger partial charge in [0.25, 0.3) is 0 Å². The van der Waals surface area contributed by atoms with Gasteiger partial charge in [-0.1, -0.05) is 6.92 Å². The first kappa shape index (κ1) is 16.4. The minimum absolute atomic E-state index is 0.659. The van der Waals surface area contributed by atoms with Crippen LogP contribution in [-0.4, -0.2) is 32.4 Å². The van der Waals surface area contributed by atoms with Crippen molar-refractivity contribution in [3.05, 3.63) is 0 Å². The van der Waals surface area contributed by atoms with Crippen LogP contribution in [0.1, 0.15) is 13.3 Å². The fraction of sp³-hybridized carbons (Fsp3) is 1.00. The summed E-state index contributed by atoms with van der Waals surface area (Å²) < 4.78 is 108. The molecule has 0 unspecified atom stereocenters. The number of hydrogen-bond acceptors (Lipinski definition) is 3. The van der Waals surface area contributed by atoms with Gasteiger partial charge in [0, 0.05) is 6.42 Å². The summed E-state index contributed by atoms with van der Waals surface area (Å²) in [7, 11) is -6.31. The Morgan fingerprint density at radius 1 is 0.941 bits per heavy atom. The van der Waals surface area contributed by atoms with Crippen LogP contribution < -0.4 is 0 Å². The Kier molecular flexibility index (Phi) is 4.44. The molecule has 0 aromatic heterocycles. The topological polar surface area (TPSA) is 43.4 Å². The molecule has 0 aliphatic carbocycles. The zero-order chi connectivity index (χ0) is 14.1. The van der Waals surface area contributed by atoms with E-state index in [1.165, 1.54) is 0 Å². The summed E-state index contributed by atoms with van der Waals surface area (Å²) in [4.78, 5) is 0. The van der Waals surface area contributed by atoms with Crippen molar-refractivity contribution in [3.63, 3.8) is 0 Å². The van der Waals surface area contributed by atoms with Crippen LogP contribution in [-0.2, 0) is 14.3 Å². The molecule has 0 aliphatic rings. The molecule has 3 nitrogen and oxygen atoms in total. The van der Waals surface area contributed by atoms with Gasteiger partial charge in [0.15, 0.2) is 0 Å². The number of hydrogen-bond donors (Lipinski definition) is 0. The van der Waals surface area contributed by atoms with E-state index in [1.807, 2.05) is 0 Å². The molecule has 0 saturated carbocycles.